The number of ether oxygens (including phenoxy) is 2. The number of carbonyl (C=O) groups excluding carboxylic acids is 2. The Morgan fingerprint density at radius 2 is 1.06 bits per heavy atom. The van der Waals surface area contributed by atoms with Gasteiger partial charge < -0.3 is 18.9 Å². The number of phosphoric acid groups is 1. The van der Waals surface area contributed by atoms with Gasteiger partial charge in [0.05, 0.1) is 27.7 Å². The topological polar surface area (TPSA) is 108 Å². The van der Waals surface area contributed by atoms with Crippen LogP contribution in [0.1, 0.15) is 168 Å². The molecule has 9 nitrogen and oxygen atoms in total. The van der Waals surface area contributed by atoms with Crippen LogP contribution >= 0.6 is 7.82 Å². The van der Waals surface area contributed by atoms with E-state index in [1.807, 2.05) is 21.1 Å². The molecule has 0 aromatic heterocycles. The van der Waals surface area contributed by atoms with Gasteiger partial charge in [0.2, 0.25) is 0 Å². The van der Waals surface area contributed by atoms with Crippen molar-refractivity contribution in [2.45, 2.75) is 174 Å². The van der Waals surface area contributed by atoms with Gasteiger partial charge in [-0.2, -0.15) is 0 Å². The molecular weight excluding hydrogens is 701 g/mol. The van der Waals surface area contributed by atoms with Crippen LogP contribution in [0.5, 0.6) is 0 Å². The van der Waals surface area contributed by atoms with Crippen molar-refractivity contribution in [3.63, 3.8) is 0 Å². The largest absolute Gasteiger partial charge is 0.472 e. The van der Waals surface area contributed by atoms with Crippen LogP contribution in [0.4, 0.5) is 0 Å². The van der Waals surface area contributed by atoms with Crippen LogP contribution in [0, 0.1) is 0 Å². The number of rotatable bonds is 38. The maximum Gasteiger partial charge on any atom is 0.472 e. The van der Waals surface area contributed by atoms with Gasteiger partial charge in [0.25, 0.3) is 0 Å². The molecule has 10 heteroatoms. The van der Waals surface area contributed by atoms with E-state index in [0.29, 0.717) is 17.4 Å². The van der Waals surface area contributed by atoms with Crippen molar-refractivity contribution in [2.24, 2.45) is 0 Å². The first-order valence-corrected chi connectivity index (χ1v) is 22.9. The summed E-state index contributed by atoms with van der Waals surface area (Å²) >= 11 is 0. The standard InChI is InChI=1S/C44H80NO8P/c1-6-8-10-12-14-15-16-17-18-19-20-21-22-23-24-25-26-27-28-29-31-33-35-37-44(47)53-42(41-52-54(48,49)51-39-38-45(3,4)5)40-50-43(46)36-34-32-30-13-11-9-7-2/h8,10,14-15,17-18,20-21,42H,6-7,9,11-13,16,19,22-41H2,1-5H3/p+1/b10-8-,15-14-,18-17-,21-20-. The van der Waals surface area contributed by atoms with E-state index in [0.717, 1.165) is 70.6 Å². The van der Waals surface area contributed by atoms with Crippen molar-refractivity contribution in [1.82, 2.24) is 0 Å². The van der Waals surface area contributed by atoms with Gasteiger partial charge in [0.15, 0.2) is 6.10 Å². The Hall–Kier alpha value is -2.03. The third-order valence-corrected chi connectivity index (χ3v) is 9.86. The smallest absolute Gasteiger partial charge is 0.462 e. The first-order chi connectivity index (χ1) is 26.0. The fourth-order valence-corrected chi connectivity index (χ4v) is 6.27. The van der Waals surface area contributed by atoms with E-state index in [1.165, 1.54) is 64.2 Å². The Kier molecular flexibility index (Phi) is 35.2. The summed E-state index contributed by atoms with van der Waals surface area (Å²) in [7, 11) is 1.47. The fraction of sp³-hybridized carbons (Fsp3) is 0.773. The van der Waals surface area contributed by atoms with Crippen LogP contribution in [0.15, 0.2) is 48.6 Å². The highest BCUT2D eigenvalue weighted by molar-refractivity contribution is 7.47. The van der Waals surface area contributed by atoms with Gasteiger partial charge in [0, 0.05) is 12.8 Å². The molecule has 0 saturated carbocycles. The van der Waals surface area contributed by atoms with Gasteiger partial charge in [-0.05, 0) is 51.4 Å². The monoisotopic (exact) mass is 783 g/mol. The number of esters is 2. The zero-order valence-electron chi connectivity index (χ0n) is 35.2. The van der Waals surface area contributed by atoms with Gasteiger partial charge in [-0.15, -0.1) is 0 Å². The summed E-state index contributed by atoms with van der Waals surface area (Å²) in [6.45, 7) is 4.25. The van der Waals surface area contributed by atoms with E-state index in [9.17, 15) is 19.0 Å². The summed E-state index contributed by atoms with van der Waals surface area (Å²) in [5.74, 6) is -0.812. The number of hydrogen-bond acceptors (Lipinski definition) is 7. The van der Waals surface area contributed by atoms with Crippen LogP contribution in [-0.4, -0.2) is 74.9 Å². The number of allylic oxidation sites excluding steroid dienone is 8. The van der Waals surface area contributed by atoms with E-state index < -0.39 is 26.5 Å². The van der Waals surface area contributed by atoms with Crippen LogP contribution in [0.25, 0.3) is 0 Å². The molecule has 2 unspecified atom stereocenters. The molecule has 0 radical (unpaired) electrons. The molecule has 0 aliphatic rings. The molecule has 54 heavy (non-hydrogen) atoms. The maximum absolute atomic E-state index is 12.6. The first-order valence-electron chi connectivity index (χ1n) is 21.4. The molecule has 314 valence electrons. The van der Waals surface area contributed by atoms with Gasteiger partial charge in [-0.1, -0.05) is 152 Å². The van der Waals surface area contributed by atoms with Gasteiger partial charge in [0.1, 0.15) is 19.8 Å². The van der Waals surface area contributed by atoms with E-state index in [4.69, 9.17) is 18.5 Å². The molecule has 0 spiro atoms. The quantitative estimate of drug-likeness (QED) is 0.0217. The highest BCUT2D eigenvalue weighted by Gasteiger charge is 2.27. The molecule has 0 saturated heterocycles. The second kappa shape index (κ2) is 36.6. The number of quaternary nitrogens is 1. The number of phosphoric ester groups is 1. The van der Waals surface area contributed by atoms with E-state index in [-0.39, 0.29) is 32.0 Å². The number of hydrogen-bond donors (Lipinski definition) is 1. The van der Waals surface area contributed by atoms with Crippen molar-refractivity contribution in [3.8, 4) is 0 Å². The second-order valence-electron chi connectivity index (χ2n) is 15.4. The molecule has 2 atom stereocenters. The molecule has 1 N–H and O–H groups in total. The lowest BCUT2D eigenvalue weighted by Gasteiger charge is -2.24. The van der Waals surface area contributed by atoms with E-state index >= 15 is 0 Å². The molecule has 0 rings (SSSR count). The predicted octanol–water partition coefficient (Wildman–Crippen LogP) is 11.9. The third-order valence-electron chi connectivity index (χ3n) is 8.87. The zero-order chi connectivity index (χ0) is 40.0. The van der Waals surface area contributed by atoms with Crippen molar-refractivity contribution in [2.75, 3.05) is 47.5 Å². The number of unbranched alkanes of at least 4 members (excludes halogenated alkanes) is 16. The van der Waals surface area contributed by atoms with Crippen molar-refractivity contribution < 1.29 is 42.1 Å². The number of carbonyl (C=O) groups is 2. The fourth-order valence-electron chi connectivity index (χ4n) is 5.53. The lowest BCUT2D eigenvalue weighted by Crippen LogP contribution is -2.37. The molecule has 0 amide bonds. The van der Waals surface area contributed by atoms with Crippen LogP contribution in [0.2, 0.25) is 0 Å². The Labute approximate surface area is 331 Å². The summed E-state index contributed by atoms with van der Waals surface area (Å²) in [6, 6.07) is 0. The predicted molar refractivity (Wildman–Crippen MR) is 224 cm³/mol. The minimum atomic E-state index is -4.37. The number of likely N-dealkylation sites (N-methyl/N-ethyl adjacent to an activating group) is 1. The Bertz CT molecular complexity index is 1070. The lowest BCUT2D eigenvalue weighted by atomic mass is 10.0. The van der Waals surface area contributed by atoms with Gasteiger partial charge >= 0.3 is 19.8 Å². The Balaban J connectivity index is 4.21. The maximum atomic E-state index is 12.6. The Morgan fingerprint density at radius 1 is 0.593 bits per heavy atom. The molecule has 0 aromatic carbocycles. The molecule has 0 fully saturated rings. The van der Waals surface area contributed by atoms with E-state index in [2.05, 4.69) is 62.5 Å². The summed E-state index contributed by atoms with van der Waals surface area (Å²) in [5.41, 5.74) is 0. The van der Waals surface area contributed by atoms with Gasteiger partial charge in [-0.3, -0.25) is 18.6 Å². The highest BCUT2D eigenvalue weighted by Crippen LogP contribution is 2.43. The number of nitrogens with zero attached hydrogens (tertiary/aromatic N) is 1. The van der Waals surface area contributed by atoms with Crippen molar-refractivity contribution in [3.05, 3.63) is 48.6 Å². The summed E-state index contributed by atoms with van der Waals surface area (Å²) < 4.78 is 34.1. The SMILES string of the molecule is CC/C=C\C/C=C\C/C=C\C/C=C\CCCCCCCCCCCCC(=O)OC(COC(=O)CCCCCCCCC)COP(=O)(O)OCC[N+](C)(C)C. The minimum Gasteiger partial charge on any atom is -0.462 e. The molecular formula is C44H81NO8P+. The van der Waals surface area contributed by atoms with Crippen LogP contribution < -0.4 is 0 Å². The van der Waals surface area contributed by atoms with Crippen molar-refractivity contribution >= 4 is 19.8 Å². The normalized spacial score (nSPS) is 14.1. The Morgan fingerprint density at radius 3 is 1.57 bits per heavy atom. The second-order valence-corrected chi connectivity index (χ2v) is 16.8. The molecule has 0 aliphatic heterocycles. The average Bonchev–Trinajstić information content (AvgIpc) is 3.12. The minimum absolute atomic E-state index is 0.0302. The molecule has 0 aliphatic carbocycles. The third kappa shape index (κ3) is 39.7. The molecule has 0 heterocycles. The lowest BCUT2D eigenvalue weighted by molar-refractivity contribution is -0.870. The average molecular weight is 783 g/mol. The van der Waals surface area contributed by atoms with E-state index in [1.54, 1.807) is 0 Å². The molecule has 0 bridgehead atoms. The summed E-state index contributed by atoms with van der Waals surface area (Å²) in [4.78, 5) is 35.1. The molecule has 0 aromatic rings. The summed E-state index contributed by atoms with van der Waals surface area (Å²) in [6.07, 6.45) is 41.8. The highest BCUT2D eigenvalue weighted by atomic mass is 31.2. The van der Waals surface area contributed by atoms with Crippen LogP contribution in [-0.2, 0) is 32.7 Å². The zero-order valence-corrected chi connectivity index (χ0v) is 36.1. The van der Waals surface area contributed by atoms with Crippen molar-refractivity contribution in [1.29, 1.82) is 0 Å². The van der Waals surface area contributed by atoms with Gasteiger partial charge in [-0.25, -0.2) is 4.57 Å². The summed E-state index contributed by atoms with van der Waals surface area (Å²) in [5, 5.41) is 0. The first kappa shape index (κ1) is 52.0. The van der Waals surface area contributed by atoms with Crippen LogP contribution in [0.3, 0.4) is 0 Å².